The molecule has 0 bridgehead atoms. The molecule has 0 aromatic heterocycles. The summed E-state index contributed by atoms with van der Waals surface area (Å²) in [5.74, 6) is 2.71. The van der Waals surface area contributed by atoms with Gasteiger partial charge in [-0.1, -0.05) is 6.08 Å². The van der Waals surface area contributed by atoms with Gasteiger partial charge in [-0.15, -0.1) is 6.58 Å². The summed E-state index contributed by atoms with van der Waals surface area (Å²) >= 11 is 0. The maximum absolute atomic E-state index is 11.5. The van der Waals surface area contributed by atoms with E-state index in [1.165, 1.54) is 25.7 Å². The molecule has 2 N–H and O–H groups in total. The van der Waals surface area contributed by atoms with Crippen LogP contribution >= 0.6 is 0 Å². The highest BCUT2D eigenvalue weighted by molar-refractivity contribution is 5.77. The molecule has 90 valence electrons. The van der Waals surface area contributed by atoms with Gasteiger partial charge in [0.15, 0.2) is 0 Å². The van der Waals surface area contributed by atoms with Gasteiger partial charge in [0, 0.05) is 13.1 Å². The molecule has 0 spiro atoms. The average molecular weight is 222 g/mol. The van der Waals surface area contributed by atoms with Crippen molar-refractivity contribution in [3.8, 4) is 0 Å². The topological polar surface area (TPSA) is 41.1 Å². The summed E-state index contributed by atoms with van der Waals surface area (Å²) in [6.45, 7) is 5.60. The molecular formula is C13H22N2O. The molecule has 3 heteroatoms. The molecule has 0 heterocycles. The van der Waals surface area contributed by atoms with Gasteiger partial charge in [-0.2, -0.15) is 0 Å². The summed E-state index contributed by atoms with van der Waals surface area (Å²) in [4.78, 5) is 11.5. The number of hydrogen-bond acceptors (Lipinski definition) is 2. The fraction of sp³-hybridized carbons (Fsp3) is 0.769. The van der Waals surface area contributed by atoms with E-state index in [2.05, 4.69) is 17.2 Å². The Morgan fingerprint density at radius 3 is 2.44 bits per heavy atom. The lowest BCUT2D eigenvalue weighted by atomic mass is 9.98. The first-order chi connectivity index (χ1) is 7.81. The van der Waals surface area contributed by atoms with Gasteiger partial charge in [0.25, 0.3) is 0 Å². The molecule has 3 nitrogen and oxygen atoms in total. The van der Waals surface area contributed by atoms with Crippen LogP contribution in [0.5, 0.6) is 0 Å². The second-order valence-corrected chi connectivity index (χ2v) is 5.06. The summed E-state index contributed by atoms with van der Waals surface area (Å²) < 4.78 is 0. The minimum atomic E-state index is 0.119. The number of carbonyl (C=O) groups excluding carboxylic acids is 1. The molecule has 1 amide bonds. The average Bonchev–Trinajstić information content (AvgIpc) is 3.13. The van der Waals surface area contributed by atoms with Crippen LogP contribution in [0.1, 0.15) is 25.7 Å². The Balaban J connectivity index is 1.61. The third kappa shape index (κ3) is 3.63. The van der Waals surface area contributed by atoms with Crippen LogP contribution in [-0.2, 0) is 4.79 Å². The van der Waals surface area contributed by atoms with E-state index in [1.807, 2.05) is 0 Å². The Labute approximate surface area is 97.7 Å². The van der Waals surface area contributed by atoms with Crippen molar-refractivity contribution in [3.05, 3.63) is 12.7 Å². The molecule has 2 rings (SSSR count). The van der Waals surface area contributed by atoms with Crippen molar-refractivity contribution >= 4 is 5.91 Å². The molecule has 2 saturated carbocycles. The number of amides is 1. The highest BCUT2D eigenvalue weighted by Gasteiger charge is 2.41. The van der Waals surface area contributed by atoms with Crippen molar-refractivity contribution < 1.29 is 4.79 Å². The molecule has 0 atom stereocenters. The van der Waals surface area contributed by atoms with Crippen LogP contribution in [0.2, 0.25) is 0 Å². The van der Waals surface area contributed by atoms with Gasteiger partial charge < -0.3 is 10.6 Å². The minimum Gasteiger partial charge on any atom is -0.355 e. The van der Waals surface area contributed by atoms with Crippen LogP contribution in [0.3, 0.4) is 0 Å². The maximum Gasteiger partial charge on any atom is 0.233 e. The van der Waals surface area contributed by atoms with Gasteiger partial charge >= 0.3 is 0 Å². The molecule has 0 aromatic rings. The Morgan fingerprint density at radius 1 is 1.31 bits per heavy atom. The first kappa shape index (κ1) is 11.6. The normalized spacial score (nSPS) is 19.8. The zero-order valence-corrected chi connectivity index (χ0v) is 9.87. The predicted octanol–water partition coefficient (Wildman–Crippen LogP) is 1.31. The van der Waals surface area contributed by atoms with E-state index in [-0.39, 0.29) is 5.91 Å². The highest BCUT2D eigenvalue weighted by atomic mass is 16.1. The minimum absolute atomic E-state index is 0.119. The first-order valence-corrected chi connectivity index (χ1v) is 6.39. The highest BCUT2D eigenvalue weighted by Crippen LogP contribution is 2.48. The van der Waals surface area contributed by atoms with Crippen molar-refractivity contribution in [1.29, 1.82) is 0 Å². The summed E-state index contributed by atoms with van der Waals surface area (Å²) in [5, 5.41) is 6.07. The Kier molecular flexibility index (Phi) is 3.99. The Morgan fingerprint density at radius 2 is 1.94 bits per heavy atom. The molecule has 2 aliphatic rings. The Hall–Kier alpha value is -0.830. The van der Waals surface area contributed by atoms with E-state index in [0.29, 0.717) is 13.1 Å². The van der Waals surface area contributed by atoms with Gasteiger partial charge in [-0.3, -0.25) is 4.79 Å². The molecule has 16 heavy (non-hydrogen) atoms. The maximum atomic E-state index is 11.5. The van der Waals surface area contributed by atoms with Crippen molar-refractivity contribution in [1.82, 2.24) is 10.6 Å². The zero-order chi connectivity index (χ0) is 11.4. The predicted molar refractivity (Wildman–Crippen MR) is 65.0 cm³/mol. The molecule has 0 radical (unpaired) electrons. The van der Waals surface area contributed by atoms with Crippen LogP contribution in [0.15, 0.2) is 12.7 Å². The van der Waals surface area contributed by atoms with Crippen LogP contribution < -0.4 is 10.6 Å². The lowest BCUT2D eigenvalue weighted by Gasteiger charge is -2.16. The monoisotopic (exact) mass is 222 g/mol. The van der Waals surface area contributed by atoms with E-state index < -0.39 is 0 Å². The van der Waals surface area contributed by atoms with E-state index in [9.17, 15) is 4.79 Å². The number of hydrogen-bond donors (Lipinski definition) is 2. The quantitative estimate of drug-likeness (QED) is 0.480. The largest absolute Gasteiger partial charge is 0.355 e. The van der Waals surface area contributed by atoms with Gasteiger partial charge in [0.05, 0.1) is 6.54 Å². The van der Waals surface area contributed by atoms with Gasteiger partial charge in [-0.25, -0.2) is 0 Å². The second kappa shape index (κ2) is 5.48. The van der Waals surface area contributed by atoms with Crippen LogP contribution in [0.4, 0.5) is 0 Å². The van der Waals surface area contributed by atoms with Crippen molar-refractivity contribution in [3.63, 3.8) is 0 Å². The van der Waals surface area contributed by atoms with E-state index in [4.69, 9.17) is 0 Å². The molecule has 0 aliphatic heterocycles. The summed E-state index contributed by atoms with van der Waals surface area (Å²) in [6.07, 6.45) is 7.29. The molecule has 0 aromatic carbocycles. The second-order valence-electron chi connectivity index (χ2n) is 5.06. The van der Waals surface area contributed by atoms with E-state index >= 15 is 0 Å². The van der Waals surface area contributed by atoms with Crippen molar-refractivity contribution in [2.45, 2.75) is 25.7 Å². The molecule has 0 unspecified atom stereocenters. The molecular weight excluding hydrogens is 200 g/mol. The lowest BCUT2D eigenvalue weighted by molar-refractivity contribution is -0.120. The molecule has 0 saturated heterocycles. The standard InChI is InChI=1S/C13H22N2O/c1-2-7-14-9-13(16)15-8-12(10-3-4-10)11-5-6-11/h2,10-12,14H,1,3-9H2,(H,15,16). The summed E-state index contributed by atoms with van der Waals surface area (Å²) in [5.41, 5.74) is 0. The van der Waals surface area contributed by atoms with Crippen molar-refractivity contribution in [2.75, 3.05) is 19.6 Å². The third-order valence-electron chi connectivity index (χ3n) is 3.56. The van der Waals surface area contributed by atoms with E-state index in [1.54, 1.807) is 6.08 Å². The smallest absolute Gasteiger partial charge is 0.233 e. The summed E-state index contributed by atoms with van der Waals surface area (Å²) in [7, 11) is 0. The molecule has 2 aliphatic carbocycles. The van der Waals surface area contributed by atoms with Crippen molar-refractivity contribution in [2.24, 2.45) is 17.8 Å². The van der Waals surface area contributed by atoms with Gasteiger partial charge in [0.1, 0.15) is 0 Å². The number of nitrogens with one attached hydrogen (secondary N) is 2. The van der Waals surface area contributed by atoms with Gasteiger partial charge in [-0.05, 0) is 43.4 Å². The van der Waals surface area contributed by atoms with Crippen LogP contribution in [0, 0.1) is 17.8 Å². The lowest BCUT2D eigenvalue weighted by Crippen LogP contribution is -2.37. The SMILES string of the molecule is C=CCNCC(=O)NCC(C1CC1)C1CC1. The van der Waals surface area contributed by atoms with Crippen LogP contribution in [0.25, 0.3) is 0 Å². The van der Waals surface area contributed by atoms with Crippen LogP contribution in [-0.4, -0.2) is 25.5 Å². The van der Waals surface area contributed by atoms with E-state index in [0.717, 1.165) is 24.3 Å². The molecule has 2 fully saturated rings. The number of carbonyl (C=O) groups is 1. The zero-order valence-electron chi connectivity index (χ0n) is 9.87. The fourth-order valence-electron chi connectivity index (χ4n) is 2.35. The third-order valence-corrected chi connectivity index (χ3v) is 3.56. The fourth-order valence-corrected chi connectivity index (χ4v) is 2.35. The first-order valence-electron chi connectivity index (χ1n) is 6.39. The van der Waals surface area contributed by atoms with Gasteiger partial charge in [0.2, 0.25) is 5.91 Å². The summed E-state index contributed by atoms with van der Waals surface area (Å²) in [6, 6.07) is 0. The number of rotatable bonds is 8. The Bertz CT molecular complexity index is 245.